The molecule has 1 aliphatic rings. The van der Waals surface area contributed by atoms with Crippen LogP contribution in [0, 0.1) is 19.7 Å². The van der Waals surface area contributed by atoms with Crippen molar-refractivity contribution in [2.24, 2.45) is 0 Å². The fourth-order valence-electron chi connectivity index (χ4n) is 3.00. The van der Waals surface area contributed by atoms with Crippen molar-refractivity contribution in [1.82, 2.24) is 15.1 Å². The topological polar surface area (TPSA) is 52.2 Å². The Balaban J connectivity index is 1.73. The summed E-state index contributed by atoms with van der Waals surface area (Å²) in [5.41, 5.74) is 3.00. The largest absolute Gasteiger partial charge is 0.365 e. The molecule has 2 aromatic rings. The van der Waals surface area contributed by atoms with Gasteiger partial charge in [0.2, 0.25) is 0 Å². The molecule has 3 rings (SSSR count). The number of nitrogens with one attached hydrogen (secondary N) is 1. The number of halogens is 2. The molecule has 1 amide bonds. The number of aryl methyl sites for hydroxylation is 2. The summed E-state index contributed by atoms with van der Waals surface area (Å²) >= 11 is 5.98. The van der Waals surface area contributed by atoms with Crippen molar-refractivity contribution < 1.29 is 9.18 Å². The van der Waals surface area contributed by atoms with Gasteiger partial charge >= 0.3 is 0 Å². The molecule has 1 saturated heterocycles. The molecular weight excluding hydrogens is 319 g/mol. The van der Waals surface area contributed by atoms with Gasteiger partial charge in [0.1, 0.15) is 5.82 Å². The van der Waals surface area contributed by atoms with E-state index in [9.17, 15) is 9.18 Å². The number of hydrogen-bond acceptors (Lipinski definition) is 3. The van der Waals surface area contributed by atoms with Gasteiger partial charge in [0.15, 0.2) is 0 Å². The van der Waals surface area contributed by atoms with E-state index in [1.54, 1.807) is 4.90 Å². The molecule has 2 heterocycles. The van der Waals surface area contributed by atoms with Crippen LogP contribution in [0.3, 0.4) is 0 Å². The smallest absolute Gasteiger partial charge is 0.258 e. The Morgan fingerprint density at radius 3 is 2.52 bits per heavy atom. The van der Waals surface area contributed by atoms with E-state index in [4.69, 9.17) is 11.6 Å². The molecule has 1 fully saturated rings. The first kappa shape index (κ1) is 15.8. The Bertz CT molecular complexity index is 698. The molecule has 1 aromatic carbocycles. The van der Waals surface area contributed by atoms with E-state index >= 15 is 0 Å². The Morgan fingerprint density at radius 2 is 1.96 bits per heavy atom. The molecule has 0 radical (unpaired) electrons. The van der Waals surface area contributed by atoms with Crippen molar-refractivity contribution in [3.05, 3.63) is 46.0 Å². The summed E-state index contributed by atoms with van der Waals surface area (Å²) in [4.78, 5) is 16.4. The molecule has 0 atom stereocenters. The predicted molar refractivity (Wildman–Crippen MR) is 87.6 cm³/mol. The molecule has 1 aromatic heterocycles. The molecule has 0 spiro atoms. The summed E-state index contributed by atoms with van der Waals surface area (Å²) in [7, 11) is 0. The SMILES string of the molecule is Cc1n[nH]c(C)c1N1CCN(C(=O)c2c(F)cccc2Cl)CC1. The Morgan fingerprint density at radius 1 is 1.26 bits per heavy atom. The fourth-order valence-corrected chi connectivity index (χ4v) is 3.25. The molecule has 0 saturated carbocycles. The quantitative estimate of drug-likeness (QED) is 0.917. The van der Waals surface area contributed by atoms with Crippen LogP contribution in [0.5, 0.6) is 0 Å². The van der Waals surface area contributed by atoms with E-state index in [1.807, 2.05) is 13.8 Å². The third-order valence-electron chi connectivity index (χ3n) is 4.15. The average molecular weight is 337 g/mol. The minimum absolute atomic E-state index is 0.0433. The van der Waals surface area contributed by atoms with Crippen molar-refractivity contribution in [1.29, 1.82) is 0 Å². The van der Waals surface area contributed by atoms with E-state index in [-0.39, 0.29) is 16.5 Å². The zero-order chi connectivity index (χ0) is 16.6. The van der Waals surface area contributed by atoms with Crippen molar-refractivity contribution >= 4 is 23.2 Å². The summed E-state index contributed by atoms with van der Waals surface area (Å²) < 4.78 is 13.9. The van der Waals surface area contributed by atoms with E-state index in [0.717, 1.165) is 17.1 Å². The lowest BCUT2D eigenvalue weighted by Gasteiger charge is -2.36. The maximum atomic E-state index is 13.9. The molecule has 122 valence electrons. The van der Waals surface area contributed by atoms with Crippen molar-refractivity contribution in [2.45, 2.75) is 13.8 Å². The van der Waals surface area contributed by atoms with Crippen molar-refractivity contribution in [3.8, 4) is 0 Å². The van der Waals surface area contributed by atoms with E-state index in [1.165, 1.54) is 18.2 Å². The number of hydrogen-bond donors (Lipinski definition) is 1. The summed E-state index contributed by atoms with van der Waals surface area (Å²) in [6.45, 7) is 6.33. The highest BCUT2D eigenvalue weighted by molar-refractivity contribution is 6.33. The van der Waals surface area contributed by atoms with Crippen molar-refractivity contribution in [3.63, 3.8) is 0 Å². The lowest BCUT2D eigenvalue weighted by Crippen LogP contribution is -2.49. The monoisotopic (exact) mass is 336 g/mol. The first-order valence-electron chi connectivity index (χ1n) is 7.49. The first-order valence-corrected chi connectivity index (χ1v) is 7.86. The predicted octanol–water partition coefficient (Wildman–Crippen LogP) is 2.78. The zero-order valence-electron chi connectivity index (χ0n) is 13.1. The maximum Gasteiger partial charge on any atom is 0.258 e. The van der Waals surface area contributed by atoms with Crippen LogP contribution in [-0.2, 0) is 0 Å². The number of piperazine rings is 1. The van der Waals surface area contributed by atoms with Gasteiger partial charge in [0.25, 0.3) is 5.91 Å². The second-order valence-corrected chi connectivity index (χ2v) is 6.07. The number of aromatic amines is 1. The van der Waals surface area contributed by atoms with Crippen LogP contribution in [0.1, 0.15) is 21.7 Å². The Labute approximate surface area is 139 Å². The number of rotatable bonds is 2. The highest BCUT2D eigenvalue weighted by Gasteiger charge is 2.27. The molecule has 1 aliphatic heterocycles. The highest BCUT2D eigenvalue weighted by atomic mass is 35.5. The summed E-state index contributed by atoms with van der Waals surface area (Å²) in [5, 5.41) is 7.32. The minimum atomic E-state index is -0.577. The van der Waals surface area contributed by atoms with Crippen LogP contribution in [-0.4, -0.2) is 47.2 Å². The Kier molecular flexibility index (Phi) is 4.26. The third-order valence-corrected chi connectivity index (χ3v) is 4.46. The molecule has 0 bridgehead atoms. The normalized spacial score (nSPS) is 15.1. The van der Waals surface area contributed by atoms with Gasteiger partial charge in [-0.25, -0.2) is 4.39 Å². The van der Waals surface area contributed by atoms with Gasteiger partial charge in [-0.3, -0.25) is 9.89 Å². The molecule has 0 unspecified atom stereocenters. The van der Waals surface area contributed by atoms with E-state index < -0.39 is 5.82 Å². The van der Waals surface area contributed by atoms with Gasteiger partial charge in [-0.05, 0) is 26.0 Å². The second kappa shape index (κ2) is 6.20. The van der Waals surface area contributed by atoms with Crippen LogP contribution in [0.2, 0.25) is 5.02 Å². The average Bonchev–Trinajstić information content (AvgIpc) is 2.86. The number of anilines is 1. The third kappa shape index (κ3) is 2.91. The minimum Gasteiger partial charge on any atom is -0.365 e. The molecular formula is C16H18ClFN4O. The van der Waals surface area contributed by atoms with Gasteiger partial charge in [-0.15, -0.1) is 0 Å². The van der Waals surface area contributed by atoms with Gasteiger partial charge < -0.3 is 9.80 Å². The summed E-state index contributed by atoms with van der Waals surface area (Å²) in [6.07, 6.45) is 0. The number of amides is 1. The van der Waals surface area contributed by atoms with Crippen molar-refractivity contribution in [2.75, 3.05) is 31.1 Å². The zero-order valence-corrected chi connectivity index (χ0v) is 13.8. The van der Waals surface area contributed by atoms with Crippen LogP contribution >= 0.6 is 11.6 Å². The number of carbonyl (C=O) groups excluding carboxylic acids is 1. The highest BCUT2D eigenvalue weighted by Crippen LogP contribution is 2.25. The van der Waals surface area contributed by atoms with E-state index in [0.29, 0.717) is 26.2 Å². The van der Waals surface area contributed by atoms with E-state index in [2.05, 4.69) is 15.1 Å². The molecule has 0 aliphatic carbocycles. The molecule has 23 heavy (non-hydrogen) atoms. The number of aromatic nitrogens is 2. The first-order chi connectivity index (χ1) is 11.0. The van der Waals surface area contributed by atoms with Crippen LogP contribution in [0.4, 0.5) is 10.1 Å². The number of H-pyrrole nitrogens is 1. The Hall–Kier alpha value is -2.08. The fraction of sp³-hybridized carbons (Fsp3) is 0.375. The maximum absolute atomic E-state index is 13.9. The lowest BCUT2D eigenvalue weighted by atomic mass is 10.1. The van der Waals surface area contributed by atoms with Crippen LogP contribution in [0.15, 0.2) is 18.2 Å². The summed E-state index contributed by atoms with van der Waals surface area (Å²) in [6, 6.07) is 4.29. The molecule has 1 N–H and O–H groups in total. The van der Waals surface area contributed by atoms with Gasteiger partial charge in [0, 0.05) is 26.2 Å². The second-order valence-electron chi connectivity index (χ2n) is 5.66. The number of carbonyl (C=O) groups is 1. The molecule has 7 heteroatoms. The van der Waals surface area contributed by atoms with Gasteiger partial charge in [-0.1, -0.05) is 17.7 Å². The lowest BCUT2D eigenvalue weighted by molar-refractivity contribution is 0.0742. The molecule has 5 nitrogen and oxygen atoms in total. The summed E-state index contributed by atoms with van der Waals surface area (Å²) in [5.74, 6) is -0.931. The van der Waals surface area contributed by atoms with Crippen LogP contribution < -0.4 is 4.90 Å². The standard InChI is InChI=1S/C16H18ClFN4O/c1-10-15(11(2)20-19-10)21-6-8-22(9-7-21)16(23)14-12(17)4-3-5-13(14)18/h3-5H,6-9H2,1-2H3,(H,19,20). The van der Waals surface area contributed by atoms with Gasteiger partial charge in [-0.2, -0.15) is 5.10 Å². The van der Waals surface area contributed by atoms with Gasteiger partial charge in [0.05, 0.1) is 27.7 Å². The number of benzene rings is 1. The number of nitrogens with zero attached hydrogens (tertiary/aromatic N) is 3. The van der Waals surface area contributed by atoms with Crippen LogP contribution in [0.25, 0.3) is 0 Å².